The number of hydrogen-bond acceptors (Lipinski definition) is 5. The maximum Gasteiger partial charge on any atom is 0.274 e. The van der Waals surface area contributed by atoms with Gasteiger partial charge in [0.05, 0.1) is 0 Å². The Morgan fingerprint density at radius 2 is 1.62 bits per heavy atom. The lowest BCUT2D eigenvalue weighted by Crippen LogP contribution is -2.31. The number of carbonyl (C=O) groups excluding carboxylic acids is 1. The number of piperidine rings is 1. The van der Waals surface area contributed by atoms with Crippen molar-refractivity contribution < 1.29 is 9.53 Å². The highest BCUT2D eigenvalue weighted by Crippen LogP contribution is 2.23. The summed E-state index contributed by atoms with van der Waals surface area (Å²) in [7, 11) is 0. The number of carbonyl (C=O) groups is 1. The summed E-state index contributed by atoms with van der Waals surface area (Å²) in [6.07, 6.45) is 3.51. The van der Waals surface area contributed by atoms with E-state index in [1.54, 1.807) is 6.07 Å². The molecule has 2 heterocycles. The van der Waals surface area contributed by atoms with E-state index in [0.717, 1.165) is 37.4 Å². The highest BCUT2D eigenvalue weighted by atomic mass is 16.5. The molecule has 1 saturated heterocycles. The number of benzene rings is 2. The van der Waals surface area contributed by atoms with Gasteiger partial charge in [-0.1, -0.05) is 18.2 Å². The second-order valence-corrected chi connectivity index (χ2v) is 7.14. The van der Waals surface area contributed by atoms with Gasteiger partial charge in [0.25, 0.3) is 5.91 Å². The molecule has 6 heteroatoms. The van der Waals surface area contributed by atoms with Gasteiger partial charge < -0.3 is 15.0 Å². The highest BCUT2D eigenvalue weighted by molar-refractivity contribution is 6.03. The Hall–Kier alpha value is -3.41. The number of rotatable bonds is 5. The molecule has 0 spiro atoms. The molecule has 0 bridgehead atoms. The van der Waals surface area contributed by atoms with Crippen molar-refractivity contribution in [3.63, 3.8) is 0 Å². The number of para-hydroxylation sites is 1. The van der Waals surface area contributed by atoms with Crippen LogP contribution in [0.15, 0.2) is 60.7 Å². The zero-order valence-corrected chi connectivity index (χ0v) is 16.5. The fourth-order valence-corrected chi connectivity index (χ4v) is 3.33. The molecular formula is C23H24N4O2. The predicted molar refractivity (Wildman–Crippen MR) is 114 cm³/mol. The monoisotopic (exact) mass is 388 g/mol. The van der Waals surface area contributed by atoms with Gasteiger partial charge in [-0.15, -0.1) is 0 Å². The van der Waals surface area contributed by atoms with Crippen LogP contribution in [0.1, 0.15) is 35.4 Å². The van der Waals surface area contributed by atoms with Crippen molar-refractivity contribution in [2.24, 2.45) is 0 Å². The van der Waals surface area contributed by atoms with Crippen molar-refractivity contribution in [2.75, 3.05) is 23.3 Å². The molecule has 2 aromatic carbocycles. The van der Waals surface area contributed by atoms with Gasteiger partial charge in [-0.2, -0.15) is 0 Å². The molecule has 0 atom stereocenters. The number of aromatic nitrogens is 2. The fraction of sp³-hybridized carbons (Fsp3) is 0.261. The van der Waals surface area contributed by atoms with Crippen molar-refractivity contribution in [3.05, 3.63) is 72.1 Å². The fourth-order valence-electron chi connectivity index (χ4n) is 3.33. The highest BCUT2D eigenvalue weighted by Gasteiger charge is 2.17. The van der Waals surface area contributed by atoms with Crippen LogP contribution >= 0.6 is 0 Å². The van der Waals surface area contributed by atoms with Crippen molar-refractivity contribution in [1.82, 2.24) is 9.97 Å². The molecule has 0 aliphatic carbocycles. The lowest BCUT2D eigenvalue weighted by Gasteiger charge is -2.27. The van der Waals surface area contributed by atoms with Crippen molar-refractivity contribution in [1.29, 1.82) is 0 Å². The Bertz CT molecular complexity index is 968. The normalized spacial score (nSPS) is 13.8. The van der Waals surface area contributed by atoms with E-state index in [1.165, 1.54) is 6.42 Å². The molecule has 6 nitrogen and oxygen atoms in total. The summed E-state index contributed by atoms with van der Waals surface area (Å²) in [6, 6.07) is 18.6. The van der Waals surface area contributed by atoms with Gasteiger partial charge in [0.2, 0.25) is 5.95 Å². The minimum atomic E-state index is -0.245. The SMILES string of the molecule is Cc1cc(C(=O)Nc2ccc(Oc3ccccc3)cc2)nc(N2CCCCC2)n1. The molecule has 1 amide bonds. The average Bonchev–Trinajstić information content (AvgIpc) is 2.76. The van der Waals surface area contributed by atoms with E-state index in [9.17, 15) is 4.79 Å². The Balaban J connectivity index is 1.44. The molecular weight excluding hydrogens is 364 g/mol. The molecule has 29 heavy (non-hydrogen) atoms. The van der Waals surface area contributed by atoms with Gasteiger partial charge in [-0.3, -0.25) is 4.79 Å². The van der Waals surface area contributed by atoms with Crippen LogP contribution in [0.5, 0.6) is 11.5 Å². The number of nitrogens with one attached hydrogen (secondary N) is 1. The molecule has 4 rings (SSSR count). The van der Waals surface area contributed by atoms with Crippen LogP contribution in [0, 0.1) is 6.92 Å². The standard InChI is InChI=1S/C23H24N4O2/c1-17-16-21(26-23(24-17)27-14-6-3-7-15-27)22(28)25-18-10-12-20(13-11-18)29-19-8-4-2-5-9-19/h2,4-5,8-13,16H,3,6-7,14-15H2,1H3,(H,25,28). The number of aryl methyl sites for hydroxylation is 1. The van der Waals surface area contributed by atoms with Gasteiger partial charge in [-0.25, -0.2) is 9.97 Å². The van der Waals surface area contributed by atoms with Crippen molar-refractivity contribution in [3.8, 4) is 11.5 Å². The lowest BCUT2D eigenvalue weighted by molar-refractivity contribution is 0.102. The first-order valence-corrected chi connectivity index (χ1v) is 9.92. The van der Waals surface area contributed by atoms with Gasteiger partial charge in [-0.05, 0) is 68.7 Å². The average molecular weight is 388 g/mol. The minimum Gasteiger partial charge on any atom is -0.457 e. The Morgan fingerprint density at radius 3 is 2.34 bits per heavy atom. The number of nitrogens with zero attached hydrogens (tertiary/aromatic N) is 3. The first-order valence-electron chi connectivity index (χ1n) is 9.92. The largest absolute Gasteiger partial charge is 0.457 e. The summed E-state index contributed by atoms with van der Waals surface area (Å²) in [5.41, 5.74) is 1.85. The number of anilines is 2. The van der Waals surface area contributed by atoms with E-state index in [0.29, 0.717) is 23.1 Å². The second-order valence-electron chi connectivity index (χ2n) is 7.14. The Labute approximate surface area is 170 Å². The predicted octanol–water partition coefficient (Wildman–Crippen LogP) is 4.82. The van der Waals surface area contributed by atoms with Crippen LogP contribution < -0.4 is 15.0 Å². The summed E-state index contributed by atoms with van der Waals surface area (Å²) in [4.78, 5) is 23.9. The van der Waals surface area contributed by atoms with Crippen molar-refractivity contribution in [2.45, 2.75) is 26.2 Å². The van der Waals surface area contributed by atoms with Crippen LogP contribution in [0.3, 0.4) is 0 Å². The van der Waals surface area contributed by atoms with E-state index >= 15 is 0 Å². The number of ether oxygens (including phenoxy) is 1. The summed E-state index contributed by atoms with van der Waals surface area (Å²) in [5, 5.41) is 2.90. The number of amides is 1. The van der Waals surface area contributed by atoms with Gasteiger partial charge in [0.15, 0.2) is 0 Å². The summed E-state index contributed by atoms with van der Waals surface area (Å²) in [6.45, 7) is 3.77. The molecule has 0 saturated carbocycles. The summed E-state index contributed by atoms with van der Waals surface area (Å²) < 4.78 is 5.78. The third-order valence-electron chi connectivity index (χ3n) is 4.81. The lowest BCUT2D eigenvalue weighted by atomic mass is 10.1. The maximum absolute atomic E-state index is 12.7. The van der Waals surface area contributed by atoms with E-state index < -0.39 is 0 Å². The molecule has 1 fully saturated rings. The molecule has 1 aromatic heterocycles. The topological polar surface area (TPSA) is 67.3 Å². The minimum absolute atomic E-state index is 0.245. The quantitative estimate of drug-likeness (QED) is 0.679. The van der Waals surface area contributed by atoms with Gasteiger partial charge in [0.1, 0.15) is 17.2 Å². The third kappa shape index (κ3) is 4.90. The van der Waals surface area contributed by atoms with Gasteiger partial charge >= 0.3 is 0 Å². The Morgan fingerprint density at radius 1 is 0.931 bits per heavy atom. The molecule has 1 aliphatic heterocycles. The van der Waals surface area contributed by atoms with Crippen LogP contribution in [0.4, 0.5) is 11.6 Å². The van der Waals surface area contributed by atoms with Gasteiger partial charge in [0, 0.05) is 24.5 Å². The zero-order chi connectivity index (χ0) is 20.1. The van der Waals surface area contributed by atoms with Crippen LogP contribution in [0.25, 0.3) is 0 Å². The van der Waals surface area contributed by atoms with E-state index in [2.05, 4.69) is 20.2 Å². The van der Waals surface area contributed by atoms with Crippen LogP contribution in [-0.4, -0.2) is 29.0 Å². The summed E-state index contributed by atoms with van der Waals surface area (Å²) >= 11 is 0. The molecule has 1 aliphatic rings. The first kappa shape index (κ1) is 18.9. The first-order chi connectivity index (χ1) is 14.2. The molecule has 3 aromatic rings. The maximum atomic E-state index is 12.7. The molecule has 0 radical (unpaired) electrons. The van der Waals surface area contributed by atoms with E-state index in [-0.39, 0.29) is 5.91 Å². The van der Waals surface area contributed by atoms with E-state index in [1.807, 2.05) is 61.5 Å². The number of hydrogen-bond donors (Lipinski definition) is 1. The van der Waals surface area contributed by atoms with Crippen molar-refractivity contribution >= 4 is 17.5 Å². The van der Waals surface area contributed by atoms with Crippen LogP contribution in [0.2, 0.25) is 0 Å². The van der Waals surface area contributed by atoms with Crippen LogP contribution in [-0.2, 0) is 0 Å². The Kier molecular flexibility index (Phi) is 5.70. The summed E-state index contributed by atoms with van der Waals surface area (Å²) in [5.74, 6) is 1.87. The smallest absolute Gasteiger partial charge is 0.274 e. The molecule has 0 unspecified atom stereocenters. The second kappa shape index (κ2) is 8.73. The third-order valence-corrected chi connectivity index (χ3v) is 4.81. The molecule has 148 valence electrons. The molecule has 1 N–H and O–H groups in total. The zero-order valence-electron chi connectivity index (χ0n) is 16.5. The van der Waals surface area contributed by atoms with E-state index in [4.69, 9.17) is 4.74 Å².